The molecule has 0 amide bonds. The predicted molar refractivity (Wildman–Crippen MR) is 266 cm³/mol. The first-order valence-corrected chi connectivity index (χ1v) is 30.2. The Kier molecular flexibility index (Phi) is 12.9. The Bertz CT molecular complexity index is 2270. The van der Waals surface area contributed by atoms with Crippen LogP contribution in [0.4, 0.5) is 0 Å². The molecule has 3 unspecified atom stereocenters. The van der Waals surface area contributed by atoms with E-state index in [4.69, 9.17) is 82.7 Å². The van der Waals surface area contributed by atoms with Crippen molar-refractivity contribution in [2.45, 2.75) is 295 Å². The van der Waals surface area contributed by atoms with E-state index in [1.54, 1.807) is 0 Å². The Morgan fingerprint density at radius 1 is 0.539 bits per heavy atom. The highest BCUT2D eigenvalue weighted by Gasteiger charge is 2.70. The zero-order valence-electron chi connectivity index (χ0n) is 44.7. The Morgan fingerprint density at radius 3 is 2.11 bits per heavy atom. The van der Waals surface area contributed by atoms with Crippen LogP contribution >= 0.6 is 11.6 Å². The SMILES string of the molecule is C=C1C[C@@H]2CC[C@@]34C[C@@H]5O[C@@H]6C(O[C@H]7CC[C@H](CC(=O)O[C@@H]8[C@@H](C)[C@@H]9O[C@@H]%10C[C@]%11(C[C@@H]%12O[C@]%13(C[C@H](C)[C@@H]%14CC(C(O)CCl)O[C@@H]%14O%13)C[C@H](C)[C@@H]%12O%11)O[C@@H]%10C[C@@H]9O[C@H]8C[C@@H]8O[C@@H](CC[C@@H]1O2)C[C@@H](C)C8=C)O[C@@H]7[C@@H]6O3)[C@@H]5O4. The molecule has 16 fully saturated rings. The number of aliphatic hydroxyl groups excluding tert-OH is 1. The van der Waals surface area contributed by atoms with Gasteiger partial charge in [0.2, 0.25) is 0 Å². The van der Waals surface area contributed by atoms with E-state index >= 15 is 0 Å². The highest BCUT2D eigenvalue weighted by atomic mass is 35.5. The zero-order chi connectivity index (χ0) is 51.7. The molecule has 0 radical (unpaired) electrons. The van der Waals surface area contributed by atoms with Gasteiger partial charge in [-0.05, 0) is 80.3 Å². The maximum absolute atomic E-state index is 14.5. The van der Waals surface area contributed by atoms with Gasteiger partial charge in [0.15, 0.2) is 23.7 Å². The lowest BCUT2D eigenvalue weighted by molar-refractivity contribution is -0.378. The first kappa shape index (κ1) is 51.5. The van der Waals surface area contributed by atoms with Crippen molar-refractivity contribution in [3.05, 3.63) is 24.3 Å². The van der Waals surface area contributed by atoms with Crippen molar-refractivity contribution in [1.29, 1.82) is 0 Å². The zero-order valence-corrected chi connectivity index (χ0v) is 45.4. The summed E-state index contributed by atoms with van der Waals surface area (Å²) < 4.78 is 103. The molecule has 3 spiro atoms. The Balaban J connectivity index is 0.668. The molecule has 422 valence electrons. The molecular weight excluding hydrogens is 1000 g/mol. The molecule has 0 aliphatic carbocycles. The van der Waals surface area contributed by atoms with Crippen molar-refractivity contribution < 1.29 is 81.0 Å². The fraction of sp³-hybridized carbons (Fsp3) is 0.914. The van der Waals surface area contributed by atoms with Crippen molar-refractivity contribution in [1.82, 2.24) is 0 Å². The summed E-state index contributed by atoms with van der Waals surface area (Å²) in [6.07, 6.45) is 4.31. The summed E-state index contributed by atoms with van der Waals surface area (Å²) in [6.45, 7) is 17.9. The molecule has 16 rings (SSSR count). The maximum atomic E-state index is 14.5. The van der Waals surface area contributed by atoms with Crippen LogP contribution < -0.4 is 0 Å². The molecule has 0 aromatic carbocycles. The molecule has 76 heavy (non-hydrogen) atoms. The minimum absolute atomic E-state index is 0.00834. The molecule has 17 nitrogen and oxygen atoms in total. The molecule has 16 aliphatic rings. The van der Waals surface area contributed by atoms with Gasteiger partial charge < -0.3 is 76.2 Å². The number of hydrogen-bond acceptors (Lipinski definition) is 17. The van der Waals surface area contributed by atoms with E-state index in [-0.39, 0.29) is 152 Å². The third-order valence-corrected chi connectivity index (χ3v) is 21.8. The van der Waals surface area contributed by atoms with Gasteiger partial charge in [-0.3, -0.25) is 4.79 Å². The van der Waals surface area contributed by atoms with Gasteiger partial charge in [0.05, 0.1) is 110 Å². The van der Waals surface area contributed by atoms with Crippen LogP contribution in [0, 0.1) is 29.6 Å². The van der Waals surface area contributed by atoms with Crippen LogP contribution in [0.25, 0.3) is 0 Å². The molecule has 0 aromatic rings. The van der Waals surface area contributed by atoms with Gasteiger partial charge in [0, 0.05) is 63.2 Å². The summed E-state index contributed by atoms with van der Waals surface area (Å²) >= 11 is 6.04. The van der Waals surface area contributed by atoms with Crippen molar-refractivity contribution >= 4 is 17.6 Å². The normalized spacial score (nSPS) is 58.6. The number of halogens is 1. The second-order valence-electron chi connectivity index (χ2n) is 26.7. The number of carbonyl (C=O) groups is 1. The van der Waals surface area contributed by atoms with Crippen molar-refractivity contribution in [3.8, 4) is 0 Å². The van der Waals surface area contributed by atoms with Gasteiger partial charge in [-0.2, -0.15) is 0 Å². The van der Waals surface area contributed by atoms with E-state index in [1.807, 2.05) is 0 Å². The van der Waals surface area contributed by atoms with Gasteiger partial charge in [0.25, 0.3) is 0 Å². The van der Waals surface area contributed by atoms with E-state index < -0.39 is 54.2 Å². The van der Waals surface area contributed by atoms with E-state index in [1.165, 1.54) is 0 Å². The lowest BCUT2D eigenvalue weighted by Gasteiger charge is -2.50. The van der Waals surface area contributed by atoms with Crippen LogP contribution in [-0.2, 0) is 75.8 Å². The number of aliphatic hydroxyl groups is 1. The number of alkyl halides is 1. The number of carbonyl (C=O) groups excluding carboxylic acids is 1. The maximum Gasteiger partial charge on any atom is 0.308 e. The Hall–Kier alpha value is -1.36. The first-order valence-electron chi connectivity index (χ1n) is 29.7. The molecule has 16 heterocycles. The summed E-state index contributed by atoms with van der Waals surface area (Å²) in [5.41, 5.74) is 2.17. The largest absolute Gasteiger partial charge is 0.459 e. The quantitative estimate of drug-likeness (QED) is 0.177. The number of fused-ring (bicyclic) bond motifs is 10. The minimum atomic E-state index is -0.896. The van der Waals surface area contributed by atoms with Crippen molar-refractivity contribution in [3.63, 3.8) is 0 Å². The van der Waals surface area contributed by atoms with Crippen LogP contribution in [0.1, 0.15) is 137 Å². The van der Waals surface area contributed by atoms with Crippen LogP contribution in [-0.4, -0.2) is 175 Å². The highest BCUT2D eigenvalue weighted by Crippen LogP contribution is 2.58. The smallest absolute Gasteiger partial charge is 0.308 e. The van der Waals surface area contributed by atoms with Gasteiger partial charge in [-0.1, -0.05) is 40.9 Å². The number of hydrogen-bond donors (Lipinski definition) is 1. The van der Waals surface area contributed by atoms with E-state index in [0.717, 1.165) is 56.1 Å². The summed E-state index contributed by atoms with van der Waals surface area (Å²) in [6, 6.07) is 0. The monoisotopic (exact) mass is 1080 g/mol. The standard InChI is InChI=1S/C58H81ClO17/c1-25-13-31-7-9-36-26(2)14-33(62-36)11-12-56-22-44-51(74-56)52-53(68-44)54(75-56)50-37(66-52)10-8-32(64-50)15-46(61)70-49-30(6)48-42(65-41(49)17-38(63-31)29(25)5)18-40-43(67-48)21-58(71-40)23-45-47(73-58)28(4)20-57(72-45)19-27(3)34-16-39(35(60)24-59)69-55(34)76-57/h25,27-28,30-45,47-55,60H,2,5,7-24H2,1,3-4,6H3/t25-,27+,28+,30+,31+,32-,33+,34+,35?,36+,37+,38+,39?,40-,41+,42+,43-,44+,45+,47+,48+,49-,50+,51-,52?,53-,54+,55-,56+,57+,58+/m1/s1. The van der Waals surface area contributed by atoms with E-state index in [9.17, 15) is 9.90 Å². The molecule has 0 aromatic heterocycles. The Labute approximate surface area is 451 Å². The second kappa shape index (κ2) is 19.1. The fourth-order valence-corrected chi connectivity index (χ4v) is 17.9. The second-order valence-corrected chi connectivity index (χ2v) is 27.0. The fourth-order valence-electron chi connectivity index (χ4n) is 17.7. The summed E-state index contributed by atoms with van der Waals surface area (Å²) in [7, 11) is 0. The number of rotatable bonds is 2. The number of ether oxygens (including phenoxy) is 15. The van der Waals surface area contributed by atoms with Gasteiger partial charge in [-0.25, -0.2) is 0 Å². The van der Waals surface area contributed by atoms with Crippen molar-refractivity contribution in [2.24, 2.45) is 29.6 Å². The lowest BCUT2D eigenvalue weighted by atomic mass is 9.77. The summed E-state index contributed by atoms with van der Waals surface area (Å²) in [5.74, 6) is -2.19. The van der Waals surface area contributed by atoms with Crippen LogP contribution in [0.3, 0.4) is 0 Å². The third kappa shape index (κ3) is 8.65. The molecular formula is C58H81ClO17. The molecule has 1 N–H and O–H groups in total. The molecule has 12 bridgehead atoms. The average molecular weight is 1090 g/mol. The van der Waals surface area contributed by atoms with Crippen LogP contribution in [0.15, 0.2) is 24.3 Å². The van der Waals surface area contributed by atoms with Gasteiger partial charge in [-0.15, -0.1) is 11.6 Å². The van der Waals surface area contributed by atoms with Crippen LogP contribution in [0.5, 0.6) is 0 Å². The predicted octanol–water partition coefficient (Wildman–Crippen LogP) is 6.63. The minimum Gasteiger partial charge on any atom is -0.459 e. The topological polar surface area (TPSA) is 176 Å². The lowest BCUT2D eigenvalue weighted by Crippen LogP contribution is -2.62. The molecule has 16 saturated heterocycles. The first-order chi connectivity index (χ1) is 36.6. The Morgan fingerprint density at radius 2 is 1.24 bits per heavy atom. The van der Waals surface area contributed by atoms with Crippen molar-refractivity contribution in [2.75, 3.05) is 5.88 Å². The summed E-state index contributed by atoms with van der Waals surface area (Å²) in [4.78, 5) is 14.5. The summed E-state index contributed by atoms with van der Waals surface area (Å²) in [5, 5.41) is 10.6. The van der Waals surface area contributed by atoms with E-state index in [2.05, 4.69) is 40.9 Å². The molecule has 18 heteroatoms. The van der Waals surface area contributed by atoms with Gasteiger partial charge in [0.1, 0.15) is 36.6 Å². The molecule has 31 atom stereocenters. The molecule has 16 aliphatic heterocycles. The van der Waals surface area contributed by atoms with E-state index in [0.29, 0.717) is 57.8 Å². The number of esters is 1. The highest BCUT2D eigenvalue weighted by molar-refractivity contribution is 6.18. The third-order valence-electron chi connectivity index (χ3n) is 21.5. The average Bonchev–Trinajstić information content (AvgIpc) is 4.43. The molecule has 0 saturated carbocycles. The van der Waals surface area contributed by atoms with Gasteiger partial charge >= 0.3 is 5.97 Å². The van der Waals surface area contributed by atoms with Crippen LogP contribution in [0.2, 0.25) is 0 Å².